The lowest BCUT2D eigenvalue weighted by Gasteiger charge is -2.23. The van der Waals surface area contributed by atoms with Gasteiger partial charge in [-0.05, 0) is 67.6 Å². The Labute approximate surface area is 226 Å². The minimum atomic E-state index is -0.469. The Morgan fingerprint density at radius 1 is 1.13 bits per heavy atom. The Balaban J connectivity index is 1.25. The number of aliphatic hydroxyl groups is 1. The number of rotatable bonds is 10. The van der Waals surface area contributed by atoms with Crippen LogP contribution in [0.1, 0.15) is 43.0 Å². The lowest BCUT2D eigenvalue weighted by Crippen LogP contribution is -2.26. The van der Waals surface area contributed by atoms with E-state index in [9.17, 15) is 14.3 Å². The maximum Gasteiger partial charge on any atom is 0.407 e. The van der Waals surface area contributed by atoms with Gasteiger partial charge in [0.05, 0.1) is 18.7 Å². The van der Waals surface area contributed by atoms with Crippen LogP contribution in [0.15, 0.2) is 66.7 Å². The zero-order valence-electron chi connectivity index (χ0n) is 21.6. The number of benzene rings is 3. The van der Waals surface area contributed by atoms with Crippen LogP contribution in [0.4, 0.5) is 9.18 Å². The molecule has 1 atom stereocenters. The van der Waals surface area contributed by atoms with Gasteiger partial charge in [0.25, 0.3) is 0 Å². The number of carbonyl (C=O) groups excluding carboxylic acids is 1. The van der Waals surface area contributed by atoms with Gasteiger partial charge in [0.2, 0.25) is 0 Å². The molecule has 4 aromatic rings. The molecular weight excluding hydrogens is 501 g/mol. The van der Waals surface area contributed by atoms with Gasteiger partial charge >= 0.3 is 6.09 Å². The van der Waals surface area contributed by atoms with E-state index in [1.165, 1.54) is 6.07 Å². The average Bonchev–Trinajstić information content (AvgIpc) is 3.36. The van der Waals surface area contributed by atoms with Gasteiger partial charge in [0.15, 0.2) is 6.23 Å². The normalized spacial score (nSPS) is 15.3. The van der Waals surface area contributed by atoms with Crippen LogP contribution in [0.5, 0.6) is 5.75 Å². The standard InChI is InChI=1S/C30H32FN3O5/c31-26-12-10-22(17-23(26)19-35)29-25-18-24(11-13-27(25)34(33-29)28-9-4-5-15-38-28)37-16-6-14-32-30(36)39-20-21-7-2-1-3-8-21/h1-3,7-8,10-13,17-18,28,35H,4-6,9,14-16,19-20H2,(H,32,36). The first-order valence-electron chi connectivity index (χ1n) is 13.2. The molecule has 204 valence electrons. The van der Waals surface area contributed by atoms with Crippen molar-refractivity contribution in [3.8, 4) is 17.0 Å². The molecule has 2 heterocycles. The third-order valence-electron chi connectivity index (χ3n) is 6.67. The average molecular weight is 534 g/mol. The molecule has 1 fully saturated rings. The highest BCUT2D eigenvalue weighted by Crippen LogP contribution is 2.35. The van der Waals surface area contributed by atoms with Crippen molar-refractivity contribution < 1.29 is 28.5 Å². The first kappa shape index (κ1) is 26.6. The lowest BCUT2D eigenvalue weighted by molar-refractivity contribution is -0.0365. The smallest absolute Gasteiger partial charge is 0.407 e. The van der Waals surface area contributed by atoms with Crippen molar-refractivity contribution in [1.29, 1.82) is 0 Å². The molecule has 1 aliphatic heterocycles. The fourth-order valence-electron chi connectivity index (χ4n) is 4.63. The second kappa shape index (κ2) is 12.7. The predicted octanol–water partition coefficient (Wildman–Crippen LogP) is 5.73. The zero-order valence-corrected chi connectivity index (χ0v) is 21.6. The zero-order chi connectivity index (χ0) is 27.0. The third-order valence-corrected chi connectivity index (χ3v) is 6.67. The molecule has 0 radical (unpaired) electrons. The maximum absolute atomic E-state index is 14.1. The van der Waals surface area contributed by atoms with E-state index in [1.807, 2.05) is 53.2 Å². The molecule has 1 aliphatic rings. The quantitative estimate of drug-likeness (QED) is 0.253. The number of carbonyl (C=O) groups is 1. The molecule has 1 aromatic heterocycles. The van der Waals surface area contributed by atoms with E-state index >= 15 is 0 Å². The van der Waals surface area contributed by atoms with Gasteiger partial charge in [-0.3, -0.25) is 0 Å². The third kappa shape index (κ3) is 6.55. The van der Waals surface area contributed by atoms with E-state index in [1.54, 1.807) is 12.1 Å². The molecule has 0 spiro atoms. The number of nitrogens with zero attached hydrogens (tertiary/aromatic N) is 2. The summed E-state index contributed by atoms with van der Waals surface area (Å²) >= 11 is 0. The summed E-state index contributed by atoms with van der Waals surface area (Å²) in [6.07, 6.45) is 2.90. The molecule has 0 aliphatic carbocycles. The van der Waals surface area contributed by atoms with E-state index in [0.29, 0.717) is 43.2 Å². The van der Waals surface area contributed by atoms with Gasteiger partial charge in [0, 0.05) is 29.7 Å². The fraction of sp³-hybridized carbons (Fsp3) is 0.333. The van der Waals surface area contributed by atoms with E-state index in [2.05, 4.69) is 5.32 Å². The predicted molar refractivity (Wildman–Crippen MR) is 145 cm³/mol. The summed E-state index contributed by atoms with van der Waals surface area (Å²) in [4.78, 5) is 11.9. The van der Waals surface area contributed by atoms with Crippen molar-refractivity contribution in [2.24, 2.45) is 0 Å². The van der Waals surface area contributed by atoms with Gasteiger partial charge < -0.3 is 24.6 Å². The summed E-state index contributed by atoms with van der Waals surface area (Å²) in [5, 5.41) is 18.0. The molecule has 3 aromatic carbocycles. The number of amides is 1. The number of fused-ring (bicyclic) bond motifs is 1. The van der Waals surface area contributed by atoms with E-state index in [0.717, 1.165) is 35.7 Å². The van der Waals surface area contributed by atoms with Gasteiger partial charge in [-0.2, -0.15) is 5.10 Å². The Kier molecular flexibility index (Phi) is 8.70. The van der Waals surface area contributed by atoms with Gasteiger partial charge in [-0.25, -0.2) is 13.9 Å². The van der Waals surface area contributed by atoms with Crippen LogP contribution in [0, 0.1) is 5.82 Å². The van der Waals surface area contributed by atoms with E-state index < -0.39 is 18.5 Å². The van der Waals surface area contributed by atoms with Crippen molar-refractivity contribution >= 4 is 17.0 Å². The maximum atomic E-state index is 14.1. The van der Waals surface area contributed by atoms with Crippen LogP contribution in [-0.4, -0.2) is 40.7 Å². The first-order valence-corrected chi connectivity index (χ1v) is 13.2. The minimum Gasteiger partial charge on any atom is -0.494 e. The molecule has 0 saturated carbocycles. The van der Waals surface area contributed by atoms with Crippen molar-refractivity contribution in [3.63, 3.8) is 0 Å². The Bertz CT molecular complexity index is 1400. The SMILES string of the molecule is O=C(NCCCOc1ccc2c(c1)c(-c1ccc(F)c(CO)c1)nn2C1CCCCO1)OCc1ccccc1. The summed E-state index contributed by atoms with van der Waals surface area (Å²) in [7, 11) is 0. The second-order valence-electron chi connectivity index (χ2n) is 9.45. The van der Waals surface area contributed by atoms with Crippen molar-refractivity contribution in [2.45, 2.75) is 45.1 Å². The summed E-state index contributed by atoms with van der Waals surface area (Å²) in [6, 6.07) is 19.9. The van der Waals surface area contributed by atoms with Gasteiger partial charge in [0.1, 0.15) is 23.9 Å². The highest BCUT2D eigenvalue weighted by Gasteiger charge is 2.22. The second-order valence-corrected chi connectivity index (χ2v) is 9.45. The number of hydrogen-bond donors (Lipinski definition) is 2. The first-order chi connectivity index (χ1) is 19.1. The highest BCUT2D eigenvalue weighted by atomic mass is 19.1. The van der Waals surface area contributed by atoms with Crippen LogP contribution in [0.25, 0.3) is 22.2 Å². The summed E-state index contributed by atoms with van der Waals surface area (Å²) < 4.78 is 33.2. The molecular formula is C30H32FN3O5. The van der Waals surface area contributed by atoms with Crippen LogP contribution in [-0.2, 0) is 22.7 Å². The summed E-state index contributed by atoms with van der Waals surface area (Å²) in [6.45, 7) is 1.31. The summed E-state index contributed by atoms with van der Waals surface area (Å²) in [5.74, 6) is 0.200. The molecule has 39 heavy (non-hydrogen) atoms. The Hall–Kier alpha value is -3.95. The van der Waals surface area contributed by atoms with Crippen LogP contribution in [0.2, 0.25) is 0 Å². The van der Waals surface area contributed by atoms with E-state index in [-0.39, 0.29) is 18.4 Å². The number of hydrogen-bond acceptors (Lipinski definition) is 6. The highest BCUT2D eigenvalue weighted by molar-refractivity contribution is 5.94. The minimum absolute atomic E-state index is 0.174. The number of aliphatic hydroxyl groups excluding tert-OH is 1. The Morgan fingerprint density at radius 3 is 2.79 bits per heavy atom. The molecule has 1 amide bonds. The van der Waals surface area contributed by atoms with Crippen LogP contribution >= 0.6 is 0 Å². The topological polar surface area (TPSA) is 94.8 Å². The molecule has 0 bridgehead atoms. The monoisotopic (exact) mass is 533 g/mol. The number of nitrogens with one attached hydrogen (secondary N) is 1. The Morgan fingerprint density at radius 2 is 2.00 bits per heavy atom. The molecule has 2 N–H and O–H groups in total. The van der Waals surface area contributed by atoms with Gasteiger partial charge in [-0.1, -0.05) is 30.3 Å². The molecule has 8 nitrogen and oxygen atoms in total. The lowest BCUT2D eigenvalue weighted by atomic mass is 10.0. The van der Waals surface area contributed by atoms with E-state index in [4.69, 9.17) is 19.3 Å². The number of ether oxygens (including phenoxy) is 3. The molecule has 1 saturated heterocycles. The largest absolute Gasteiger partial charge is 0.494 e. The fourth-order valence-corrected chi connectivity index (χ4v) is 4.63. The number of alkyl carbamates (subject to hydrolysis) is 1. The molecule has 9 heteroatoms. The number of aromatic nitrogens is 2. The van der Waals surface area contributed by atoms with Crippen molar-refractivity contribution in [3.05, 3.63) is 83.7 Å². The summed E-state index contributed by atoms with van der Waals surface area (Å²) in [5.41, 5.74) is 3.41. The number of halogens is 1. The van der Waals surface area contributed by atoms with Gasteiger partial charge in [-0.15, -0.1) is 0 Å². The van der Waals surface area contributed by atoms with Crippen LogP contribution < -0.4 is 10.1 Å². The van der Waals surface area contributed by atoms with Crippen molar-refractivity contribution in [2.75, 3.05) is 19.8 Å². The van der Waals surface area contributed by atoms with Crippen molar-refractivity contribution in [1.82, 2.24) is 15.1 Å². The molecule has 1 unspecified atom stereocenters. The molecule has 5 rings (SSSR count). The van der Waals surface area contributed by atoms with Crippen LogP contribution in [0.3, 0.4) is 0 Å².